The summed E-state index contributed by atoms with van der Waals surface area (Å²) in [7, 11) is 3.18. The highest BCUT2D eigenvalue weighted by atomic mass is 35.5. The highest BCUT2D eigenvalue weighted by Crippen LogP contribution is 2.19. The van der Waals surface area contributed by atoms with Gasteiger partial charge in [-0.1, -0.05) is 0 Å². The molecule has 6 heteroatoms. The number of likely N-dealkylation sites (N-methyl/N-ethyl adjacent to an activating group) is 1. The summed E-state index contributed by atoms with van der Waals surface area (Å²) >= 11 is 0. The monoisotopic (exact) mass is 288 g/mol. The number of hydrogen-bond acceptors (Lipinski definition) is 3. The van der Waals surface area contributed by atoms with E-state index in [4.69, 9.17) is 4.74 Å². The van der Waals surface area contributed by atoms with Gasteiger partial charge in [0.05, 0.1) is 12.7 Å². The third kappa shape index (κ3) is 3.36. The first-order valence-corrected chi connectivity index (χ1v) is 5.95. The number of hydrogen-bond donors (Lipinski definition) is 1. The van der Waals surface area contributed by atoms with E-state index >= 15 is 0 Å². The molecule has 106 valence electrons. The summed E-state index contributed by atoms with van der Waals surface area (Å²) in [5, 5.41) is 3.18. The van der Waals surface area contributed by atoms with Crippen molar-refractivity contribution in [1.82, 2.24) is 10.2 Å². The van der Waals surface area contributed by atoms with Crippen molar-refractivity contribution in [3.63, 3.8) is 0 Å². The molecule has 19 heavy (non-hydrogen) atoms. The van der Waals surface area contributed by atoms with Crippen molar-refractivity contribution in [3.05, 3.63) is 29.6 Å². The lowest BCUT2D eigenvalue weighted by atomic mass is 10.1. The number of halogens is 2. The molecule has 1 aromatic carbocycles. The van der Waals surface area contributed by atoms with E-state index in [1.165, 1.54) is 19.2 Å². The van der Waals surface area contributed by atoms with Crippen molar-refractivity contribution in [2.75, 3.05) is 27.2 Å². The maximum atomic E-state index is 13.8. The third-order valence-electron chi connectivity index (χ3n) is 3.31. The van der Waals surface area contributed by atoms with Gasteiger partial charge in [0, 0.05) is 25.7 Å². The Kier molecular flexibility index (Phi) is 5.57. The van der Waals surface area contributed by atoms with Crippen molar-refractivity contribution < 1.29 is 13.9 Å². The highest BCUT2D eigenvalue weighted by Gasteiger charge is 2.25. The molecular weight excluding hydrogens is 271 g/mol. The molecule has 1 atom stereocenters. The largest absolute Gasteiger partial charge is 0.497 e. The van der Waals surface area contributed by atoms with E-state index < -0.39 is 5.82 Å². The molecule has 1 amide bonds. The molecule has 0 aliphatic carbocycles. The predicted molar refractivity (Wildman–Crippen MR) is 73.6 cm³/mol. The van der Waals surface area contributed by atoms with Crippen molar-refractivity contribution in [2.24, 2.45) is 0 Å². The van der Waals surface area contributed by atoms with Crippen molar-refractivity contribution in [1.29, 1.82) is 0 Å². The first-order chi connectivity index (χ1) is 8.63. The molecule has 1 aliphatic heterocycles. The van der Waals surface area contributed by atoms with Crippen molar-refractivity contribution >= 4 is 18.3 Å². The van der Waals surface area contributed by atoms with Crippen LogP contribution in [0.5, 0.6) is 5.75 Å². The molecule has 1 N–H and O–H groups in total. The quantitative estimate of drug-likeness (QED) is 0.920. The second-order valence-electron chi connectivity index (χ2n) is 4.41. The molecule has 1 heterocycles. The summed E-state index contributed by atoms with van der Waals surface area (Å²) in [6.07, 6.45) is 0.903. The fraction of sp³-hybridized carbons (Fsp3) is 0.462. The van der Waals surface area contributed by atoms with Crippen LogP contribution in [0.1, 0.15) is 16.8 Å². The normalized spacial score (nSPS) is 17.7. The number of ether oxygens (including phenoxy) is 1. The Labute approximate surface area is 118 Å². The molecular formula is C13H18ClFN2O2. The molecule has 0 bridgehead atoms. The summed E-state index contributed by atoms with van der Waals surface area (Å²) in [6.45, 7) is 1.66. The van der Waals surface area contributed by atoms with E-state index in [9.17, 15) is 9.18 Å². The molecule has 1 aromatic rings. The average Bonchev–Trinajstić information content (AvgIpc) is 2.90. The minimum atomic E-state index is -0.544. The van der Waals surface area contributed by atoms with Gasteiger partial charge in [-0.2, -0.15) is 0 Å². The summed E-state index contributed by atoms with van der Waals surface area (Å²) in [4.78, 5) is 13.8. The molecule has 2 rings (SSSR count). The smallest absolute Gasteiger partial charge is 0.256 e. The van der Waals surface area contributed by atoms with Gasteiger partial charge in [0.15, 0.2) is 0 Å². The van der Waals surface area contributed by atoms with Gasteiger partial charge >= 0.3 is 0 Å². The van der Waals surface area contributed by atoms with Crippen LogP contribution in [0, 0.1) is 5.82 Å². The number of nitrogens with zero attached hydrogens (tertiary/aromatic N) is 1. The summed E-state index contributed by atoms with van der Waals surface area (Å²) in [5.41, 5.74) is 0.0881. The lowest BCUT2D eigenvalue weighted by Crippen LogP contribution is -2.38. The van der Waals surface area contributed by atoms with Gasteiger partial charge in [-0.3, -0.25) is 4.79 Å². The molecule has 1 fully saturated rings. The number of amides is 1. The van der Waals surface area contributed by atoms with Crippen LogP contribution in [0.25, 0.3) is 0 Å². The minimum absolute atomic E-state index is 0. The van der Waals surface area contributed by atoms with Gasteiger partial charge in [0.25, 0.3) is 5.91 Å². The Balaban J connectivity index is 0.00000180. The number of carbonyl (C=O) groups excluding carboxylic acids is 1. The Bertz CT molecular complexity index is 450. The van der Waals surface area contributed by atoms with Crippen molar-refractivity contribution in [2.45, 2.75) is 12.5 Å². The molecule has 0 aromatic heterocycles. The van der Waals surface area contributed by atoms with Gasteiger partial charge in [0.1, 0.15) is 11.6 Å². The van der Waals surface area contributed by atoms with Crippen LogP contribution in [-0.2, 0) is 0 Å². The zero-order valence-corrected chi connectivity index (χ0v) is 11.8. The summed E-state index contributed by atoms with van der Waals surface area (Å²) in [5.74, 6) is -0.421. The second kappa shape index (κ2) is 6.73. The topological polar surface area (TPSA) is 41.6 Å². The van der Waals surface area contributed by atoms with Gasteiger partial charge < -0.3 is 15.0 Å². The highest BCUT2D eigenvalue weighted by molar-refractivity contribution is 5.94. The third-order valence-corrected chi connectivity index (χ3v) is 3.31. The zero-order valence-electron chi connectivity index (χ0n) is 11.0. The van der Waals surface area contributed by atoms with Crippen LogP contribution in [0.4, 0.5) is 4.39 Å². The molecule has 0 radical (unpaired) electrons. The maximum absolute atomic E-state index is 13.8. The maximum Gasteiger partial charge on any atom is 0.256 e. The SMILES string of the molecule is COc1ccc(C(=O)N(C)C2CCNC2)c(F)c1.Cl. The molecule has 1 unspecified atom stereocenters. The average molecular weight is 289 g/mol. The van der Waals surface area contributed by atoms with Gasteiger partial charge in [0.2, 0.25) is 0 Å². The fourth-order valence-corrected chi connectivity index (χ4v) is 2.12. The molecule has 0 saturated carbocycles. The first-order valence-electron chi connectivity index (χ1n) is 5.95. The van der Waals surface area contributed by atoms with Crippen LogP contribution in [0.3, 0.4) is 0 Å². The number of carbonyl (C=O) groups is 1. The van der Waals surface area contributed by atoms with Crippen LogP contribution >= 0.6 is 12.4 Å². The Hall–Kier alpha value is -1.33. The van der Waals surface area contributed by atoms with Gasteiger partial charge in [-0.05, 0) is 25.1 Å². The lowest BCUT2D eigenvalue weighted by Gasteiger charge is -2.24. The Morgan fingerprint density at radius 1 is 1.53 bits per heavy atom. The van der Waals surface area contributed by atoms with E-state index in [0.717, 1.165) is 19.5 Å². The van der Waals surface area contributed by atoms with E-state index in [1.807, 2.05) is 0 Å². The van der Waals surface area contributed by atoms with E-state index in [2.05, 4.69) is 5.32 Å². The number of benzene rings is 1. The molecule has 1 saturated heterocycles. The number of methoxy groups -OCH3 is 1. The van der Waals surface area contributed by atoms with Crippen LogP contribution in [-0.4, -0.2) is 44.1 Å². The van der Waals surface area contributed by atoms with Crippen LogP contribution in [0.15, 0.2) is 18.2 Å². The van der Waals surface area contributed by atoms with Crippen LogP contribution < -0.4 is 10.1 Å². The van der Waals surface area contributed by atoms with Gasteiger partial charge in [-0.25, -0.2) is 4.39 Å². The van der Waals surface area contributed by atoms with Gasteiger partial charge in [-0.15, -0.1) is 12.4 Å². The fourth-order valence-electron chi connectivity index (χ4n) is 2.12. The summed E-state index contributed by atoms with van der Waals surface area (Å²) in [6, 6.07) is 4.43. The predicted octanol–water partition coefficient (Wildman–Crippen LogP) is 1.69. The number of nitrogens with one attached hydrogen (secondary N) is 1. The van der Waals surface area contributed by atoms with E-state index in [1.54, 1.807) is 18.0 Å². The molecule has 4 nitrogen and oxygen atoms in total. The van der Waals surface area contributed by atoms with E-state index in [-0.39, 0.29) is 29.9 Å². The Morgan fingerprint density at radius 2 is 2.26 bits per heavy atom. The zero-order chi connectivity index (χ0) is 13.1. The standard InChI is InChI=1S/C13H17FN2O2.ClH/c1-16(9-5-6-15-8-9)13(17)11-4-3-10(18-2)7-12(11)14;/h3-4,7,9,15H,5-6,8H2,1-2H3;1H. The Morgan fingerprint density at radius 3 is 2.79 bits per heavy atom. The number of rotatable bonds is 3. The second-order valence-corrected chi connectivity index (χ2v) is 4.41. The lowest BCUT2D eigenvalue weighted by molar-refractivity contribution is 0.0739. The van der Waals surface area contributed by atoms with E-state index in [0.29, 0.717) is 5.75 Å². The molecule has 1 aliphatic rings. The van der Waals surface area contributed by atoms with Crippen molar-refractivity contribution in [3.8, 4) is 5.75 Å². The first kappa shape index (κ1) is 15.7. The minimum Gasteiger partial charge on any atom is -0.497 e. The summed E-state index contributed by atoms with van der Waals surface area (Å²) < 4.78 is 18.7. The van der Waals surface area contributed by atoms with Crippen LogP contribution in [0.2, 0.25) is 0 Å². The molecule has 0 spiro atoms.